The van der Waals surface area contributed by atoms with E-state index < -0.39 is 5.97 Å². The van der Waals surface area contributed by atoms with Crippen LogP contribution in [0.2, 0.25) is 0 Å². The van der Waals surface area contributed by atoms with E-state index in [1.54, 1.807) is 23.1 Å². The molecular formula is C20H26N2O5. The van der Waals surface area contributed by atoms with E-state index in [2.05, 4.69) is 0 Å². The van der Waals surface area contributed by atoms with E-state index in [1.807, 2.05) is 26.0 Å². The Balaban J connectivity index is 1.64. The van der Waals surface area contributed by atoms with Gasteiger partial charge < -0.3 is 19.2 Å². The highest BCUT2D eigenvalue weighted by Gasteiger charge is 2.26. The zero-order valence-corrected chi connectivity index (χ0v) is 16.0. The number of morpholine rings is 1. The monoisotopic (exact) mass is 374 g/mol. The van der Waals surface area contributed by atoms with Gasteiger partial charge in [0.15, 0.2) is 0 Å². The van der Waals surface area contributed by atoms with Crippen molar-refractivity contribution in [3.05, 3.63) is 35.1 Å². The second kappa shape index (κ2) is 8.10. The Bertz CT molecular complexity index is 844. The van der Waals surface area contributed by atoms with Gasteiger partial charge in [-0.05, 0) is 32.0 Å². The van der Waals surface area contributed by atoms with Gasteiger partial charge in [-0.1, -0.05) is 12.1 Å². The molecule has 0 bridgehead atoms. The Hall–Kier alpha value is -2.38. The summed E-state index contributed by atoms with van der Waals surface area (Å²) in [4.78, 5) is 27.1. The van der Waals surface area contributed by atoms with Crippen LogP contribution in [0.1, 0.15) is 16.7 Å². The van der Waals surface area contributed by atoms with Crippen LogP contribution in [0.4, 0.5) is 0 Å². The lowest BCUT2D eigenvalue weighted by molar-refractivity contribution is -0.142. The Morgan fingerprint density at radius 2 is 2.11 bits per heavy atom. The third-order valence-corrected chi connectivity index (χ3v) is 5.10. The molecule has 1 aliphatic heterocycles. The van der Waals surface area contributed by atoms with E-state index >= 15 is 0 Å². The molecule has 146 valence electrons. The van der Waals surface area contributed by atoms with Gasteiger partial charge in [-0.2, -0.15) is 0 Å². The topological polar surface area (TPSA) is 83.2 Å². The summed E-state index contributed by atoms with van der Waals surface area (Å²) in [6.07, 6.45) is 1.78. The van der Waals surface area contributed by atoms with Gasteiger partial charge in [0, 0.05) is 30.6 Å². The molecule has 2 heterocycles. The van der Waals surface area contributed by atoms with Crippen molar-refractivity contribution < 1.29 is 23.8 Å². The summed E-state index contributed by atoms with van der Waals surface area (Å²) in [5.74, 6) is -0.844. The third-order valence-electron chi connectivity index (χ3n) is 5.10. The summed E-state index contributed by atoms with van der Waals surface area (Å²) in [5.41, 5.74) is 3.99. The molecule has 2 aromatic rings. The van der Waals surface area contributed by atoms with Crippen molar-refractivity contribution in [3.63, 3.8) is 0 Å². The van der Waals surface area contributed by atoms with E-state index in [9.17, 15) is 9.59 Å². The minimum absolute atomic E-state index is 0.0325. The first-order valence-corrected chi connectivity index (χ1v) is 9.11. The highest BCUT2D eigenvalue weighted by molar-refractivity contribution is 5.89. The number of benzene rings is 1. The number of rotatable bonds is 6. The predicted octanol–water partition coefficient (Wildman–Crippen LogP) is 1.84. The van der Waals surface area contributed by atoms with Crippen LogP contribution in [-0.2, 0) is 20.7 Å². The number of likely N-dealkylation sites (N-methyl/N-ethyl adjacent to an activating group) is 1. The van der Waals surface area contributed by atoms with Crippen LogP contribution in [0.5, 0.6) is 0 Å². The normalized spacial score (nSPS) is 17.6. The minimum Gasteiger partial charge on any atom is -0.480 e. The maximum absolute atomic E-state index is 12.8. The number of aryl methyl sites for hydroxylation is 2. The summed E-state index contributed by atoms with van der Waals surface area (Å²) >= 11 is 0. The zero-order chi connectivity index (χ0) is 19.6. The summed E-state index contributed by atoms with van der Waals surface area (Å²) in [6.45, 7) is 5.96. The third kappa shape index (κ3) is 4.48. The number of ether oxygens (including phenoxy) is 1. The van der Waals surface area contributed by atoms with Crippen molar-refractivity contribution in [3.8, 4) is 0 Å². The maximum Gasteiger partial charge on any atom is 0.317 e. The van der Waals surface area contributed by atoms with Crippen molar-refractivity contribution in [1.29, 1.82) is 0 Å². The number of carboxylic acid groups (broad SMARTS) is 1. The highest BCUT2D eigenvalue weighted by Crippen LogP contribution is 2.27. The Kier molecular flexibility index (Phi) is 5.82. The van der Waals surface area contributed by atoms with E-state index in [0.717, 1.165) is 27.7 Å². The highest BCUT2D eigenvalue weighted by atomic mass is 16.5. The summed E-state index contributed by atoms with van der Waals surface area (Å²) in [5, 5.41) is 9.85. The van der Waals surface area contributed by atoms with E-state index in [1.165, 1.54) is 0 Å². The van der Waals surface area contributed by atoms with E-state index in [4.69, 9.17) is 14.3 Å². The Labute approximate surface area is 158 Å². The molecule has 0 radical (unpaired) electrons. The smallest absolute Gasteiger partial charge is 0.317 e. The molecule has 1 atom stereocenters. The molecule has 1 aromatic carbocycles. The average Bonchev–Trinajstić information content (AvgIpc) is 3.01. The first-order valence-electron chi connectivity index (χ1n) is 9.11. The molecule has 27 heavy (non-hydrogen) atoms. The van der Waals surface area contributed by atoms with Gasteiger partial charge in [0.05, 0.1) is 31.9 Å². The number of aliphatic carboxylic acids is 1. The number of carboxylic acids is 1. The number of carbonyl (C=O) groups is 2. The first-order chi connectivity index (χ1) is 12.8. The fourth-order valence-corrected chi connectivity index (χ4v) is 3.50. The van der Waals surface area contributed by atoms with Gasteiger partial charge in [0.25, 0.3) is 0 Å². The van der Waals surface area contributed by atoms with Crippen molar-refractivity contribution >= 4 is 22.8 Å². The van der Waals surface area contributed by atoms with Gasteiger partial charge in [0.2, 0.25) is 5.91 Å². The van der Waals surface area contributed by atoms with Gasteiger partial charge >= 0.3 is 5.97 Å². The molecule has 7 nitrogen and oxygen atoms in total. The number of carbonyl (C=O) groups excluding carboxylic acids is 1. The lowest BCUT2D eigenvalue weighted by Crippen LogP contribution is -2.50. The van der Waals surface area contributed by atoms with Crippen LogP contribution < -0.4 is 0 Å². The van der Waals surface area contributed by atoms with E-state index in [-0.39, 0.29) is 25.0 Å². The molecular weight excluding hydrogens is 348 g/mol. The molecule has 1 aliphatic rings. The predicted molar refractivity (Wildman–Crippen MR) is 101 cm³/mol. The zero-order valence-electron chi connectivity index (χ0n) is 16.0. The lowest BCUT2D eigenvalue weighted by Gasteiger charge is -2.34. The van der Waals surface area contributed by atoms with E-state index in [0.29, 0.717) is 26.2 Å². The number of fused-ring (bicyclic) bond motifs is 1. The number of amides is 1. The summed E-state index contributed by atoms with van der Waals surface area (Å²) < 4.78 is 11.4. The number of furan rings is 1. The largest absolute Gasteiger partial charge is 0.480 e. The molecule has 0 aliphatic carbocycles. The van der Waals surface area contributed by atoms with Gasteiger partial charge in [-0.3, -0.25) is 14.5 Å². The van der Waals surface area contributed by atoms with Crippen LogP contribution >= 0.6 is 0 Å². The molecule has 1 saturated heterocycles. The van der Waals surface area contributed by atoms with Crippen molar-refractivity contribution in [2.24, 2.45) is 0 Å². The molecule has 1 unspecified atom stereocenters. The van der Waals surface area contributed by atoms with Gasteiger partial charge in [0.1, 0.15) is 5.58 Å². The molecule has 1 aromatic heterocycles. The maximum atomic E-state index is 12.8. The Morgan fingerprint density at radius 3 is 2.85 bits per heavy atom. The fraction of sp³-hybridized carbons (Fsp3) is 0.500. The standard InChI is InChI=1S/C20H26N2O5/c1-13-4-5-17-15(12-27-20(17)14(13)2)8-18(23)22-6-7-26-16(10-22)9-21(3)11-19(24)25/h4-5,12,16H,6-11H2,1-3H3,(H,24,25). The molecule has 3 rings (SSSR count). The molecule has 0 spiro atoms. The van der Waals surface area contributed by atoms with Gasteiger partial charge in [-0.25, -0.2) is 0 Å². The van der Waals surface area contributed by atoms with Crippen molar-refractivity contribution in [1.82, 2.24) is 9.80 Å². The van der Waals surface area contributed by atoms with Crippen LogP contribution in [0.25, 0.3) is 11.0 Å². The average molecular weight is 374 g/mol. The van der Waals surface area contributed by atoms with Gasteiger partial charge in [-0.15, -0.1) is 0 Å². The molecule has 7 heteroatoms. The van der Waals surface area contributed by atoms with Crippen LogP contribution in [-0.4, -0.2) is 72.7 Å². The van der Waals surface area contributed by atoms with Crippen LogP contribution in [0, 0.1) is 13.8 Å². The van der Waals surface area contributed by atoms with Crippen LogP contribution in [0.3, 0.4) is 0 Å². The number of hydrogen-bond acceptors (Lipinski definition) is 5. The number of nitrogens with zero attached hydrogens (tertiary/aromatic N) is 2. The second-order valence-electron chi connectivity index (χ2n) is 7.24. The van der Waals surface area contributed by atoms with Crippen LogP contribution in [0.15, 0.2) is 22.8 Å². The second-order valence-corrected chi connectivity index (χ2v) is 7.24. The molecule has 1 amide bonds. The fourth-order valence-electron chi connectivity index (χ4n) is 3.50. The molecule has 1 N–H and O–H groups in total. The SMILES string of the molecule is Cc1ccc2c(CC(=O)N3CCOC(CN(C)CC(=O)O)C3)coc2c1C. The first kappa shape index (κ1) is 19.4. The van der Waals surface area contributed by atoms with Crippen molar-refractivity contribution in [2.75, 3.05) is 39.8 Å². The molecule has 1 fully saturated rings. The number of hydrogen-bond donors (Lipinski definition) is 1. The lowest BCUT2D eigenvalue weighted by atomic mass is 10.0. The quantitative estimate of drug-likeness (QED) is 0.831. The summed E-state index contributed by atoms with van der Waals surface area (Å²) in [6, 6.07) is 4.05. The minimum atomic E-state index is -0.876. The summed E-state index contributed by atoms with van der Waals surface area (Å²) in [7, 11) is 1.74. The van der Waals surface area contributed by atoms with Crippen molar-refractivity contribution in [2.45, 2.75) is 26.4 Å². The Morgan fingerprint density at radius 1 is 1.33 bits per heavy atom. The molecule has 0 saturated carbocycles.